The molecule has 1 fully saturated rings. The van der Waals surface area contributed by atoms with Gasteiger partial charge in [0.1, 0.15) is 23.9 Å². The molecule has 37 heavy (non-hydrogen) atoms. The van der Waals surface area contributed by atoms with E-state index < -0.39 is 5.97 Å². The van der Waals surface area contributed by atoms with E-state index in [2.05, 4.69) is 33.8 Å². The van der Waals surface area contributed by atoms with Gasteiger partial charge in [0.25, 0.3) is 0 Å². The summed E-state index contributed by atoms with van der Waals surface area (Å²) in [7, 11) is 1.58. The maximum Gasteiger partial charge on any atom is 0.303 e. The van der Waals surface area contributed by atoms with Crippen molar-refractivity contribution in [2.75, 3.05) is 7.11 Å². The number of carbonyl (C=O) groups is 1. The second-order valence-electron chi connectivity index (χ2n) is 11.3. The van der Waals surface area contributed by atoms with Crippen molar-refractivity contribution >= 4 is 5.97 Å². The van der Waals surface area contributed by atoms with E-state index >= 15 is 0 Å². The molecule has 1 saturated carbocycles. The molecule has 3 aromatic carbocycles. The molecule has 196 valence electrons. The molecule has 3 aromatic rings. The number of aliphatic carboxylic acids is 1. The number of carboxylic acids is 1. The van der Waals surface area contributed by atoms with Crippen molar-refractivity contribution in [1.82, 2.24) is 0 Å². The smallest absolute Gasteiger partial charge is 0.303 e. The van der Waals surface area contributed by atoms with Crippen LogP contribution in [0.3, 0.4) is 0 Å². The summed E-state index contributed by atoms with van der Waals surface area (Å²) in [6.45, 7) is 9.09. The number of halogens is 1. The first-order chi connectivity index (χ1) is 17.6. The number of hydrogen-bond donors (Lipinski definition) is 1. The van der Waals surface area contributed by atoms with Gasteiger partial charge >= 0.3 is 5.97 Å². The predicted octanol–water partition coefficient (Wildman–Crippen LogP) is 8.20. The van der Waals surface area contributed by atoms with Crippen molar-refractivity contribution in [2.45, 2.75) is 65.4 Å². The maximum absolute atomic E-state index is 14.9. The lowest BCUT2D eigenvalue weighted by molar-refractivity contribution is -0.137. The van der Waals surface area contributed by atoms with E-state index in [0.717, 1.165) is 40.8 Å². The van der Waals surface area contributed by atoms with Gasteiger partial charge < -0.3 is 14.6 Å². The number of rotatable bonds is 10. The van der Waals surface area contributed by atoms with Gasteiger partial charge in [0.05, 0.1) is 13.5 Å². The summed E-state index contributed by atoms with van der Waals surface area (Å²) in [6.07, 6.45) is 2.31. The zero-order valence-corrected chi connectivity index (χ0v) is 22.4. The van der Waals surface area contributed by atoms with Gasteiger partial charge in [0.2, 0.25) is 0 Å². The minimum absolute atomic E-state index is 0.0253. The van der Waals surface area contributed by atoms with Gasteiger partial charge in [-0.2, -0.15) is 0 Å². The molecule has 0 saturated heterocycles. The quantitative estimate of drug-likeness (QED) is 0.302. The topological polar surface area (TPSA) is 55.8 Å². The highest BCUT2D eigenvalue weighted by Gasteiger charge is 2.34. The molecule has 0 radical (unpaired) electrons. The number of hydrogen-bond acceptors (Lipinski definition) is 3. The molecule has 0 unspecified atom stereocenters. The van der Waals surface area contributed by atoms with Crippen LogP contribution >= 0.6 is 0 Å². The number of carboxylic acid groups (broad SMARTS) is 1. The lowest BCUT2D eigenvalue weighted by Crippen LogP contribution is -2.16. The van der Waals surface area contributed by atoms with E-state index in [9.17, 15) is 14.3 Å². The molecule has 1 aliphatic carbocycles. The van der Waals surface area contributed by atoms with E-state index in [0.29, 0.717) is 23.8 Å². The number of ether oxygens (including phenoxy) is 2. The lowest BCUT2D eigenvalue weighted by atomic mass is 9.75. The highest BCUT2D eigenvalue weighted by molar-refractivity contribution is 5.71. The summed E-state index contributed by atoms with van der Waals surface area (Å²) >= 11 is 0. The highest BCUT2D eigenvalue weighted by atomic mass is 19.1. The van der Waals surface area contributed by atoms with Crippen LogP contribution in [0.15, 0.2) is 60.7 Å². The van der Waals surface area contributed by atoms with Crippen LogP contribution in [0.2, 0.25) is 0 Å². The first kappa shape index (κ1) is 26.7. The fourth-order valence-electron chi connectivity index (χ4n) is 4.85. The van der Waals surface area contributed by atoms with Crippen LogP contribution in [0.1, 0.15) is 75.5 Å². The first-order valence-corrected chi connectivity index (χ1v) is 13.0. The summed E-state index contributed by atoms with van der Waals surface area (Å²) in [5, 5.41) is 9.36. The number of benzene rings is 3. The minimum atomic E-state index is -0.767. The van der Waals surface area contributed by atoms with Crippen LogP contribution in [0.4, 0.5) is 4.39 Å². The Morgan fingerprint density at radius 3 is 2.43 bits per heavy atom. The van der Waals surface area contributed by atoms with Gasteiger partial charge in [-0.25, -0.2) is 4.39 Å². The predicted molar refractivity (Wildman–Crippen MR) is 145 cm³/mol. The van der Waals surface area contributed by atoms with Crippen LogP contribution in [0, 0.1) is 17.2 Å². The molecule has 1 aliphatic rings. The molecule has 4 nitrogen and oxygen atoms in total. The summed E-state index contributed by atoms with van der Waals surface area (Å²) in [4.78, 5) is 11.4. The molecule has 4 rings (SSSR count). The van der Waals surface area contributed by atoms with Crippen molar-refractivity contribution in [3.63, 3.8) is 0 Å². The van der Waals surface area contributed by atoms with E-state index in [1.54, 1.807) is 19.2 Å². The van der Waals surface area contributed by atoms with Gasteiger partial charge in [0.15, 0.2) is 0 Å². The Labute approximate surface area is 219 Å². The van der Waals surface area contributed by atoms with Gasteiger partial charge in [-0.3, -0.25) is 4.79 Å². The zero-order valence-electron chi connectivity index (χ0n) is 22.4. The molecule has 0 aromatic heterocycles. The Morgan fingerprint density at radius 1 is 1.03 bits per heavy atom. The average molecular weight is 505 g/mol. The van der Waals surface area contributed by atoms with Crippen molar-refractivity contribution < 1.29 is 23.8 Å². The summed E-state index contributed by atoms with van der Waals surface area (Å²) in [5.41, 5.74) is 4.42. The van der Waals surface area contributed by atoms with Crippen LogP contribution in [0.5, 0.6) is 11.5 Å². The van der Waals surface area contributed by atoms with Crippen LogP contribution in [-0.4, -0.2) is 18.2 Å². The van der Waals surface area contributed by atoms with E-state index in [-0.39, 0.29) is 29.5 Å². The minimum Gasteiger partial charge on any atom is -0.497 e. The molecule has 0 amide bonds. The molecule has 0 aliphatic heterocycles. The maximum atomic E-state index is 14.9. The van der Waals surface area contributed by atoms with Crippen LogP contribution in [0.25, 0.3) is 11.1 Å². The van der Waals surface area contributed by atoms with E-state index in [4.69, 9.17) is 9.47 Å². The highest BCUT2D eigenvalue weighted by Crippen LogP contribution is 2.45. The second-order valence-corrected chi connectivity index (χ2v) is 11.3. The van der Waals surface area contributed by atoms with Crippen LogP contribution in [-0.2, 0) is 11.4 Å². The first-order valence-electron chi connectivity index (χ1n) is 13.0. The Morgan fingerprint density at radius 2 is 1.78 bits per heavy atom. The fourth-order valence-corrected chi connectivity index (χ4v) is 4.85. The molecule has 0 heterocycles. The third kappa shape index (κ3) is 6.51. The molecule has 1 N–H and O–H groups in total. The van der Waals surface area contributed by atoms with Crippen LogP contribution < -0.4 is 9.47 Å². The monoisotopic (exact) mass is 504 g/mol. The summed E-state index contributed by atoms with van der Waals surface area (Å²) < 4.78 is 26.5. The normalized spacial score (nSPS) is 15.2. The Balaban J connectivity index is 1.61. The molecule has 0 spiro atoms. The zero-order chi connectivity index (χ0) is 26.7. The van der Waals surface area contributed by atoms with E-state index in [1.165, 1.54) is 6.07 Å². The van der Waals surface area contributed by atoms with E-state index in [1.807, 2.05) is 36.4 Å². The molecule has 5 heteroatoms. The molecule has 0 bridgehead atoms. The number of methoxy groups -OCH3 is 1. The van der Waals surface area contributed by atoms with Crippen molar-refractivity contribution in [3.8, 4) is 22.6 Å². The summed E-state index contributed by atoms with van der Waals surface area (Å²) in [6, 6.07) is 18.7. The second kappa shape index (κ2) is 11.0. The van der Waals surface area contributed by atoms with Crippen molar-refractivity contribution in [1.29, 1.82) is 0 Å². The van der Waals surface area contributed by atoms with Gasteiger partial charge in [-0.05, 0) is 88.6 Å². The summed E-state index contributed by atoms with van der Waals surface area (Å²) in [5.74, 6) is 0.917. The largest absolute Gasteiger partial charge is 0.497 e. The Kier molecular flexibility index (Phi) is 7.91. The van der Waals surface area contributed by atoms with Gasteiger partial charge in [-0.1, -0.05) is 58.0 Å². The van der Waals surface area contributed by atoms with Crippen molar-refractivity contribution in [3.05, 3.63) is 83.2 Å². The average Bonchev–Trinajstić information content (AvgIpc) is 3.71. The Hall–Kier alpha value is -3.34. The molecular weight excluding hydrogens is 467 g/mol. The third-order valence-corrected chi connectivity index (χ3v) is 7.62. The fraction of sp³-hybridized carbons (Fsp3) is 0.406. The third-order valence-electron chi connectivity index (χ3n) is 7.62. The standard InChI is InChI=1S/C32H37FO4/c1-20(32(2,3)4)27-15-21(9-13-26(27)29-17-24(36-5)12-14-30(29)33)19-37-25-8-6-7-23(16-25)28(18-31(34)35)22-10-11-22/h6-9,12-17,20,22,28H,10-11,18-19H2,1-5H3,(H,34,35)/t20-,28+/m0/s1. The van der Waals surface area contributed by atoms with Gasteiger partial charge in [-0.15, -0.1) is 0 Å². The van der Waals surface area contributed by atoms with Gasteiger partial charge in [0, 0.05) is 5.56 Å². The molecular formula is C32H37FO4. The van der Waals surface area contributed by atoms with Crippen molar-refractivity contribution in [2.24, 2.45) is 11.3 Å². The lowest BCUT2D eigenvalue weighted by Gasteiger charge is -2.30. The Bertz CT molecular complexity index is 1260. The SMILES string of the molecule is COc1ccc(F)c(-c2ccc(COc3cccc([C@H](CC(=O)O)C4CC4)c3)cc2[C@H](C)C(C)(C)C)c1. The molecule has 2 atom stereocenters.